The van der Waals surface area contributed by atoms with Crippen molar-refractivity contribution in [1.82, 2.24) is 19.8 Å². The molecule has 24 heavy (non-hydrogen) atoms. The summed E-state index contributed by atoms with van der Waals surface area (Å²) in [7, 11) is 1.59. The van der Waals surface area contributed by atoms with E-state index in [1.165, 1.54) is 17.3 Å². The van der Waals surface area contributed by atoms with E-state index < -0.39 is 6.55 Å². The molecule has 1 N–H and O–H groups in total. The molecular formula is C16H24F2N4O2. The second-order valence-electron chi connectivity index (χ2n) is 6.65. The van der Waals surface area contributed by atoms with Crippen molar-refractivity contribution in [3.05, 3.63) is 18.2 Å². The van der Waals surface area contributed by atoms with E-state index in [4.69, 9.17) is 4.74 Å². The van der Waals surface area contributed by atoms with Crippen LogP contribution in [0.3, 0.4) is 0 Å². The molecule has 0 unspecified atom stereocenters. The molecule has 2 saturated carbocycles. The fourth-order valence-electron chi connectivity index (χ4n) is 3.83. The second kappa shape index (κ2) is 6.66. The molecule has 0 aromatic carbocycles. The highest BCUT2D eigenvalue weighted by Crippen LogP contribution is 2.57. The first-order valence-electron chi connectivity index (χ1n) is 8.41. The molecule has 6 nitrogen and oxygen atoms in total. The maximum Gasteiger partial charge on any atom is 0.319 e. The first-order chi connectivity index (χ1) is 11.5. The number of imidazole rings is 1. The zero-order valence-corrected chi connectivity index (χ0v) is 14.0. The number of nitrogens with one attached hydrogen (secondary N) is 1. The van der Waals surface area contributed by atoms with Crippen molar-refractivity contribution < 1.29 is 18.3 Å². The third-order valence-electron chi connectivity index (χ3n) is 5.42. The van der Waals surface area contributed by atoms with Crippen molar-refractivity contribution in [2.45, 2.75) is 57.8 Å². The molecule has 1 aromatic heterocycles. The monoisotopic (exact) mass is 342 g/mol. The van der Waals surface area contributed by atoms with E-state index in [2.05, 4.69) is 10.3 Å². The average molecular weight is 342 g/mol. The van der Waals surface area contributed by atoms with E-state index in [1.54, 1.807) is 7.05 Å². The minimum atomic E-state index is -2.66. The Morgan fingerprint density at radius 2 is 2.33 bits per heavy atom. The average Bonchev–Trinajstić information content (AvgIpc) is 2.92. The molecule has 1 heterocycles. The first-order valence-corrected chi connectivity index (χ1v) is 8.41. The van der Waals surface area contributed by atoms with Crippen molar-refractivity contribution in [2.24, 2.45) is 5.41 Å². The van der Waals surface area contributed by atoms with Gasteiger partial charge in [0.2, 0.25) is 0 Å². The molecule has 1 aromatic rings. The van der Waals surface area contributed by atoms with E-state index in [-0.39, 0.29) is 36.0 Å². The van der Waals surface area contributed by atoms with Crippen molar-refractivity contribution in [2.75, 3.05) is 13.7 Å². The number of rotatable bonds is 6. The number of amides is 2. The summed E-state index contributed by atoms with van der Waals surface area (Å²) in [5.41, 5.74) is 0.0773. The van der Waals surface area contributed by atoms with Crippen LogP contribution >= 0.6 is 0 Å². The molecule has 8 heteroatoms. The topological polar surface area (TPSA) is 59.4 Å². The van der Waals surface area contributed by atoms with E-state index in [9.17, 15) is 13.6 Å². The Morgan fingerprint density at radius 1 is 1.58 bits per heavy atom. The van der Waals surface area contributed by atoms with Gasteiger partial charge in [-0.15, -0.1) is 0 Å². The third-order valence-corrected chi connectivity index (χ3v) is 5.42. The molecule has 2 fully saturated rings. The van der Waals surface area contributed by atoms with Gasteiger partial charge in [0.1, 0.15) is 5.82 Å². The summed E-state index contributed by atoms with van der Waals surface area (Å²) in [6.45, 7) is 0.0499. The predicted molar refractivity (Wildman–Crippen MR) is 83.6 cm³/mol. The lowest BCUT2D eigenvalue weighted by atomic mass is 9.51. The van der Waals surface area contributed by atoms with Crippen LogP contribution in [0.2, 0.25) is 0 Å². The Morgan fingerprint density at radius 3 is 2.92 bits per heavy atom. The third kappa shape index (κ3) is 2.87. The van der Waals surface area contributed by atoms with Gasteiger partial charge in [-0.3, -0.25) is 4.57 Å². The van der Waals surface area contributed by atoms with E-state index in [1.807, 2.05) is 6.92 Å². The number of halogens is 2. The number of carbonyl (C=O) groups excluding carboxylic acids is 1. The number of carbonyl (C=O) groups is 1. The fraction of sp³-hybridized carbons (Fsp3) is 0.750. The highest BCUT2D eigenvalue weighted by atomic mass is 19.3. The lowest BCUT2D eigenvalue weighted by Crippen LogP contribution is -2.68. The number of aromatic nitrogens is 2. The van der Waals surface area contributed by atoms with Gasteiger partial charge in [0.25, 0.3) is 0 Å². The van der Waals surface area contributed by atoms with Crippen LogP contribution in [0.25, 0.3) is 0 Å². The van der Waals surface area contributed by atoms with Crippen LogP contribution in [0.15, 0.2) is 12.4 Å². The lowest BCUT2D eigenvalue weighted by molar-refractivity contribution is -0.169. The standard InChI is InChI=1S/C16H24F2N4O2/c1-3-24-12-9-11(16(12)5-4-6-16)20-15(23)21(2)10-13-19-7-8-22(13)14(17)18/h7-8,11-12,14H,3-6,9-10H2,1-2H3,(H,20,23)/t11-,12-/m1/s1. The van der Waals surface area contributed by atoms with E-state index >= 15 is 0 Å². The molecule has 1 spiro atoms. The smallest absolute Gasteiger partial charge is 0.319 e. The van der Waals surface area contributed by atoms with Crippen molar-refractivity contribution in [3.8, 4) is 0 Å². The number of hydrogen-bond donors (Lipinski definition) is 1. The van der Waals surface area contributed by atoms with Gasteiger partial charge in [-0.05, 0) is 26.2 Å². The van der Waals surface area contributed by atoms with Gasteiger partial charge in [0.05, 0.1) is 12.6 Å². The molecule has 0 radical (unpaired) electrons. The summed E-state index contributed by atoms with van der Waals surface area (Å²) < 4.78 is 32.2. The van der Waals surface area contributed by atoms with Crippen molar-refractivity contribution in [3.63, 3.8) is 0 Å². The molecular weight excluding hydrogens is 318 g/mol. The highest BCUT2D eigenvalue weighted by molar-refractivity contribution is 5.74. The normalized spacial score (nSPS) is 24.5. The predicted octanol–water partition coefficient (Wildman–Crippen LogP) is 2.77. The van der Waals surface area contributed by atoms with Crippen molar-refractivity contribution >= 4 is 6.03 Å². The molecule has 3 rings (SSSR count). The van der Waals surface area contributed by atoms with Crippen LogP contribution in [0.4, 0.5) is 13.6 Å². The second-order valence-corrected chi connectivity index (χ2v) is 6.65. The van der Waals surface area contributed by atoms with Gasteiger partial charge in [0, 0.05) is 37.5 Å². The van der Waals surface area contributed by atoms with Gasteiger partial charge in [-0.25, -0.2) is 9.78 Å². The number of nitrogens with zero attached hydrogens (tertiary/aromatic N) is 3. The van der Waals surface area contributed by atoms with Gasteiger partial charge < -0.3 is 15.0 Å². The zero-order valence-electron chi connectivity index (χ0n) is 14.0. The summed E-state index contributed by atoms with van der Waals surface area (Å²) in [5.74, 6) is 0.168. The fourth-order valence-corrected chi connectivity index (χ4v) is 3.83. The highest BCUT2D eigenvalue weighted by Gasteiger charge is 2.59. The molecule has 0 aliphatic heterocycles. The molecule has 2 amide bonds. The summed E-state index contributed by atoms with van der Waals surface area (Å²) in [5, 5.41) is 3.04. The molecule has 2 aliphatic rings. The van der Waals surface area contributed by atoms with E-state index in [0.717, 1.165) is 30.3 Å². The lowest BCUT2D eigenvalue weighted by Gasteiger charge is -2.61. The van der Waals surface area contributed by atoms with Crippen molar-refractivity contribution in [1.29, 1.82) is 0 Å². The quantitative estimate of drug-likeness (QED) is 0.865. The maximum atomic E-state index is 12.8. The first kappa shape index (κ1) is 17.1. The summed E-state index contributed by atoms with van der Waals surface area (Å²) in [6, 6.07) is -0.155. The zero-order chi connectivity index (χ0) is 17.3. The molecule has 0 bridgehead atoms. The Kier molecular flexibility index (Phi) is 4.76. The number of alkyl halides is 2. The Labute approximate surface area is 140 Å². The van der Waals surface area contributed by atoms with Crippen LogP contribution in [-0.2, 0) is 11.3 Å². The number of urea groups is 1. The molecule has 2 aliphatic carbocycles. The minimum Gasteiger partial charge on any atom is -0.378 e. The van der Waals surface area contributed by atoms with Gasteiger partial charge in [0.15, 0.2) is 0 Å². The Balaban J connectivity index is 1.56. The summed E-state index contributed by atoms with van der Waals surface area (Å²) in [6.07, 6.45) is 6.88. The maximum absolute atomic E-state index is 12.8. The SMILES string of the molecule is CCO[C@@H]1C[C@@H](NC(=O)N(C)Cc2nccn2C(F)F)C12CCC2. The van der Waals surface area contributed by atoms with Gasteiger partial charge in [-0.1, -0.05) is 6.42 Å². The molecule has 134 valence electrons. The van der Waals surface area contributed by atoms with Crippen LogP contribution in [-0.4, -0.2) is 46.3 Å². The molecule has 0 saturated heterocycles. The molecule has 2 atom stereocenters. The minimum absolute atomic E-state index is 0.0395. The Hall–Kier alpha value is -1.70. The van der Waals surface area contributed by atoms with Gasteiger partial charge in [-0.2, -0.15) is 8.78 Å². The van der Waals surface area contributed by atoms with Crippen LogP contribution in [0.5, 0.6) is 0 Å². The van der Waals surface area contributed by atoms with Gasteiger partial charge >= 0.3 is 12.6 Å². The number of hydrogen-bond acceptors (Lipinski definition) is 3. The van der Waals surface area contributed by atoms with Crippen LogP contribution < -0.4 is 5.32 Å². The number of ether oxygens (including phenoxy) is 1. The Bertz CT molecular complexity index is 588. The summed E-state index contributed by atoms with van der Waals surface area (Å²) >= 11 is 0. The van der Waals surface area contributed by atoms with Crippen LogP contribution in [0, 0.1) is 5.41 Å². The van der Waals surface area contributed by atoms with E-state index in [0.29, 0.717) is 6.61 Å². The largest absolute Gasteiger partial charge is 0.378 e. The summed E-state index contributed by atoms with van der Waals surface area (Å²) in [4.78, 5) is 17.7. The van der Waals surface area contributed by atoms with Crippen LogP contribution in [0.1, 0.15) is 45.0 Å².